The Morgan fingerprint density at radius 3 is 2.24 bits per heavy atom. The summed E-state index contributed by atoms with van der Waals surface area (Å²) < 4.78 is 4.68. The number of thioether (sulfide) groups is 1. The number of ether oxygens (including phenoxy) is 1. The van der Waals surface area contributed by atoms with Crippen molar-refractivity contribution in [2.24, 2.45) is 11.5 Å². The first-order valence-corrected chi connectivity index (χ1v) is 16.6. The summed E-state index contributed by atoms with van der Waals surface area (Å²) in [4.78, 5) is 65.3. The van der Waals surface area contributed by atoms with E-state index in [2.05, 4.69) is 15.4 Å². The van der Waals surface area contributed by atoms with Gasteiger partial charge in [0.15, 0.2) is 0 Å². The molecule has 12 nitrogen and oxygen atoms in total. The van der Waals surface area contributed by atoms with Gasteiger partial charge in [0.2, 0.25) is 23.6 Å². The smallest absolute Gasteiger partial charge is 0.305 e. The first kappa shape index (κ1) is 38.1. The predicted molar refractivity (Wildman–Crippen MR) is 178 cm³/mol. The molecule has 0 fully saturated rings. The number of esters is 1. The van der Waals surface area contributed by atoms with Crippen molar-refractivity contribution in [3.05, 3.63) is 64.7 Å². The number of nitrogens with one attached hydrogen (secondary N) is 2. The number of phenolic OH excluding ortho intramolecular Hbond substituents is 1. The molecule has 13 heteroatoms. The Kier molecular flexibility index (Phi) is 16.1. The van der Waals surface area contributed by atoms with E-state index in [1.807, 2.05) is 50.4 Å². The van der Waals surface area contributed by atoms with Gasteiger partial charge in [-0.1, -0.05) is 30.3 Å². The highest BCUT2D eigenvalue weighted by atomic mass is 32.2. The van der Waals surface area contributed by atoms with Crippen LogP contribution in [0.1, 0.15) is 47.9 Å². The van der Waals surface area contributed by atoms with Crippen LogP contribution in [-0.2, 0) is 41.6 Å². The van der Waals surface area contributed by atoms with Gasteiger partial charge in [0.1, 0.15) is 17.8 Å². The SMILES string of the molecule is COC(=O)CCCCN(C(=O)CNC(=O)[C@@H](CCSC)NC(=O)[C@@H](N)Cc1c(C)cc(O)cc1C)[C@@H](Cc1ccccc1)C(N)=O. The zero-order valence-electron chi connectivity index (χ0n) is 27.0. The van der Waals surface area contributed by atoms with Gasteiger partial charge in [-0.05, 0) is 85.9 Å². The number of primary amides is 1. The number of amides is 4. The maximum atomic E-state index is 13.5. The number of phenols is 1. The van der Waals surface area contributed by atoms with E-state index in [0.717, 1.165) is 22.3 Å². The summed E-state index contributed by atoms with van der Waals surface area (Å²) in [6.07, 6.45) is 3.53. The Balaban J connectivity index is 2.14. The molecule has 2 aromatic rings. The van der Waals surface area contributed by atoms with Crippen molar-refractivity contribution in [1.82, 2.24) is 15.5 Å². The highest BCUT2D eigenvalue weighted by Gasteiger charge is 2.30. The summed E-state index contributed by atoms with van der Waals surface area (Å²) in [5, 5.41) is 15.2. The molecule has 2 aromatic carbocycles. The number of carbonyl (C=O) groups is 5. The van der Waals surface area contributed by atoms with Crippen molar-refractivity contribution in [2.75, 3.05) is 32.2 Å². The number of hydrogen-bond acceptors (Lipinski definition) is 9. The Morgan fingerprint density at radius 1 is 1.00 bits per heavy atom. The molecule has 0 saturated heterocycles. The highest BCUT2D eigenvalue weighted by molar-refractivity contribution is 7.98. The lowest BCUT2D eigenvalue weighted by atomic mass is 9.96. The van der Waals surface area contributed by atoms with Crippen molar-refractivity contribution in [3.63, 3.8) is 0 Å². The Hall–Kier alpha value is -4.10. The van der Waals surface area contributed by atoms with Crippen LogP contribution in [0.2, 0.25) is 0 Å². The van der Waals surface area contributed by atoms with E-state index in [1.165, 1.54) is 23.8 Å². The van der Waals surface area contributed by atoms with Crippen LogP contribution in [0.25, 0.3) is 0 Å². The Morgan fingerprint density at radius 2 is 1.65 bits per heavy atom. The number of carbonyl (C=O) groups excluding carboxylic acids is 5. The first-order chi connectivity index (χ1) is 21.9. The van der Waals surface area contributed by atoms with Crippen molar-refractivity contribution in [2.45, 2.75) is 70.5 Å². The minimum absolute atomic E-state index is 0.127. The number of methoxy groups -OCH3 is 1. The number of nitrogens with zero attached hydrogens (tertiary/aromatic N) is 1. The molecule has 4 amide bonds. The first-order valence-electron chi connectivity index (χ1n) is 15.2. The van der Waals surface area contributed by atoms with Gasteiger partial charge in [-0.2, -0.15) is 11.8 Å². The molecule has 0 saturated carbocycles. The molecule has 0 aliphatic rings. The average molecular weight is 658 g/mol. The van der Waals surface area contributed by atoms with E-state index in [9.17, 15) is 29.1 Å². The summed E-state index contributed by atoms with van der Waals surface area (Å²) in [7, 11) is 1.30. The second-order valence-corrected chi connectivity index (χ2v) is 12.1. The number of aromatic hydroxyl groups is 1. The molecule has 3 atom stereocenters. The number of rotatable bonds is 19. The minimum atomic E-state index is -0.985. The molecule has 7 N–H and O–H groups in total. The lowest BCUT2D eigenvalue weighted by Gasteiger charge is -2.30. The lowest BCUT2D eigenvalue weighted by Crippen LogP contribution is -2.55. The van der Waals surface area contributed by atoms with Gasteiger partial charge in [-0.25, -0.2) is 0 Å². The number of hydrogen-bond donors (Lipinski definition) is 5. The van der Waals surface area contributed by atoms with E-state index in [0.29, 0.717) is 25.0 Å². The summed E-state index contributed by atoms with van der Waals surface area (Å²) in [5.74, 6) is -2.02. The summed E-state index contributed by atoms with van der Waals surface area (Å²) in [6.45, 7) is 3.34. The van der Waals surface area contributed by atoms with Crippen LogP contribution in [0, 0.1) is 13.8 Å². The molecule has 252 valence electrons. The fourth-order valence-electron chi connectivity index (χ4n) is 5.09. The summed E-state index contributed by atoms with van der Waals surface area (Å²) >= 11 is 1.50. The van der Waals surface area contributed by atoms with Crippen LogP contribution in [0.4, 0.5) is 0 Å². The second kappa shape index (κ2) is 19.4. The highest BCUT2D eigenvalue weighted by Crippen LogP contribution is 2.22. The van der Waals surface area contributed by atoms with Gasteiger partial charge in [0.25, 0.3) is 0 Å². The van der Waals surface area contributed by atoms with Crippen LogP contribution < -0.4 is 22.1 Å². The molecule has 2 rings (SSSR count). The van der Waals surface area contributed by atoms with E-state index in [-0.39, 0.29) is 37.5 Å². The molecule has 0 bridgehead atoms. The van der Waals surface area contributed by atoms with Gasteiger partial charge < -0.3 is 36.8 Å². The second-order valence-electron chi connectivity index (χ2n) is 11.2. The predicted octanol–water partition coefficient (Wildman–Crippen LogP) is 1.50. The van der Waals surface area contributed by atoms with Crippen LogP contribution in [-0.4, -0.2) is 89.9 Å². The monoisotopic (exact) mass is 657 g/mol. The zero-order chi connectivity index (χ0) is 34.2. The third kappa shape index (κ3) is 12.4. The van der Waals surface area contributed by atoms with Crippen LogP contribution in [0.3, 0.4) is 0 Å². The fourth-order valence-corrected chi connectivity index (χ4v) is 5.56. The van der Waals surface area contributed by atoms with E-state index in [1.54, 1.807) is 12.1 Å². The van der Waals surface area contributed by atoms with Gasteiger partial charge in [0.05, 0.1) is 19.7 Å². The van der Waals surface area contributed by atoms with Gasteiger partial charge in [0, 0.05) is 19.4 Å². The number of benzene rings is 2. The topological polar surface area (TPSA) is 194 Å². The quantitative estimate of drug-likeness (QED) is 0.110. The molecule has 0 spiro atoms. The third-order valence-corrected chi connectivity index (χ3v) is 8.30. The van der Waals surface area contributed by atoms with E-state index in [4.69, 9.17) is 11.5 Å². The molecule has 46 heavy (non-hydrogen) atoms. The van der Waals surface area contributed by atoms with Gasteiger partial charge in [-0.3, -0.25) is 24.0 Å². The van der Waals surface area contributed by atoms with Gasteiger partial charge >= 0.3 is 5.97 Å². The summed E-state index contributed by atoms with van der Waals surface area (Å²) in [6, 6.07) is 9.43. The van der Waals surface area contributed by atoms with Crippen molar-refractivity contribution >= 4 is 41.4 Å². The third-order valence-electron chi connectivity index (χ3n) is 7.65. The van der Waals surface area contributed by atoms with Crippen molar-refractivity contribution < 1.29 is 33.8 Å². The average Bonchev–Trinajstić information content (AvgIpc) is 3.02. The molecule has 0 aromatic heterocycles. The maximum Gasteiger partial charge on any atom is 0.305 e. The number of nitrogens with two attached hydrogens (primary N) is 2. The molecule has 0 aliphatic carbocycles. The van der Waals surface area contributed by atoms with Crippen molar-refractivity contribution in [1.29, 1.82) is 0 Å². The molecular formula is C33H47N5O7S. The largest absolute Gasteiger partial charge is 0.508 e. The van der Waals surface area contributed by atoms with Crippen LogP contribution in [0.5, 0.6) is 5.75 Å². The van der Waals surface area contributed by atoms with Crippen LogP contribution >= 0.6 is 11.8 Å². The van der Waals surface area contributed by atoms with Gasteiger partial charge in [-0.15, -0.1) is 0 Å². The maximum absolute atomic E-state index is 13.5. The fraction of sp³-hybridized carbons (Fsp3) is 0.485. The minimum Gasteiger partial charge on any atom is -0.508 e. The molecular weight excluding hydrogens is 610 g/mol. The van der Waals surface area contributed by atoms with E-state index >= 15 is 0 Å². The van der Waals surface area contributed by atoms with E-state index < -0.39 is 48.3 Å². The Labute approximate surface area is 275 Å². The van der Waals surface area contributed by atoms with Crippen LogP contribution in [0.15, 0.2) is 42.5 Å². The number of unbranched alkanes of at least 4 members (excludes halogenated alkanes) is 1. The Bertz CT molecular complexity index is 1320. The molecule has 0 radical (unpaired) electrons. The standard InChI is InChI=1S/C33H47N5O7S/c1-21-16-24(39)17-22(2)25(21)19-26(34)32(43)37-27(13-15-46-4)33(44)36-20-29(40)38(14-9-8-12-30(41)45-3)28(31(35)42)18-23-10-6-5-7-11-23/h5-7,10-11,16-17,26-28,39H,8-9,12-15,18-20,34H2,1-4H3,(H2,35,42)(H,36,44)(H,37,43)/t26-,27+,28-/m0/s1. The normalized spacial score (nSPS) is 12.8. The zero-order valence-corrected chi connectivity index (χ0v) is 27.9. The lowest BCUT2D eigenvalue weighted by molar-refractivity contribution is -0.141. The molecule has 0 aliphatic heterocycles. The summed E-state index contributed by atoms with van der Waals surface area (Å²) in [5.41, 5.74) is 15.2. The molecule has 0 heterocycles. The molecule has 0 unspecified atom stereocenters. The number of aryl methyl sites for hydroxylation is 2. The van der Waals surface area contributed by atoms with Crippen molar-refractivity contribution in [3.8, 4) is 5.75 Å².